The van der Waals surface area contributed by atoms with E-state index in [2.05, 4.69) is 4.99 Å². The van der Waals surface area contributed by atoms with E-state index in [1.54, 1.807) is 13.0 Å². The molecule has 5 heteroatoms. The van der Waals surface area contributed by atoms with Crippen LogP contribution in [-0.2, 0) is 0 Å². The monoisotopic (exact) mass is 218 g/mol. The third-order valence-corrected chi connectivity index (χ3v) is 2.85. The Labute approximate surface area is 92.0 Å². The first-order chi connectivity index (χ1) is 7.50. The van der Waals surface area contributed by atoms with Gasteiger partial charge < -0.3 is 0 Å². The summed E-state index contributed by atoms with van der Waals surface area (Å²) in [4.78, 5) is 25.6. The van der Waals surface area contributed by atoms with Crippen molar-refractivity contribution in [2.24, 2.45) is 4.99 Å². The molecule has 82 valence electrons. The molecule has 0 N–H and O–H groups in total. The maximum atomic E-state index is 11.6. The SMILES string of the molecule is CC1=NC(=O)c2cc([N+](=O)[O-])ccc2C1C. The van der Waals surface area contributed by atoms with Gasteiger partial charge in [0, 0.05) is 23.8 Å². The van der Waals surface area contributed by atoms with Gasteiger partial charge in [0.15, 0.2) is 0 Å². The minimum Gasteiger partial charge on any atom is -0.267 e. The molecule has 1 atom stereocenters. The van der Waals surface area contributed by atoms with Crippen molar-refractivity contribution in [3.05, 3.63) is 39.4 Å². The van der Waals surface area contributed by atoms with Crippen molar-refractivity contribution in [1.82, 2.24) is 0 Å². The lowest BCUT2D eigenvalue weighted by Crippen LogP contribution is -2.18. The molecule has 0 radical (unpaired) electrons. The summed E-state index contributed by atoms with van der Waals surface area (Å²) in [6.07, 6.45) is 0. The maximum Gasteiger partial charge on any atom is 0.277 e. The number of nitro groups is 1. The average Bonchev–Trinajstić information content (AvgIpc) is 2.25. The summed E-state index contributed by atoms with van der Waals surface area (Å²) in [6, 6.07) is 4.35. The van der Waals surface area contributed by atoms with Crippen molar-refractivity contribution in [3.63, 3.8) is 0 Å². The van der Waals surface area contributed by atoms with Crippen LogP contribution >= 0.6 is 0 Å². The second-order valence-electron chi connectivity index (χ2n) is 3.81. The molecule has 0 saturated heterocycles. The fourth-order valence-electron chi connectivity index (χ4n) is 1.76. The molecule has 0 aromatic heterocycles. The largest absolute Gasteiger partial charge is 0.277 e. The molecule has 1 aromatic rings. The Hall–Kier alpha value is -2.04. The molecule has 1 heterocycles. The van der Waals surface area contributed by atoms with Crippen LogP contribution in [0.25, 0.3) is 0 Å². The average molecular weight is 218 g/mol. The van der Waals surface area contributed by atoms with E-state index in [1.165, 1.54) is 12.1 Å². The molecule has 0 fully saturated rings. The van der Waals surface area contributed by atoms with Crippen molar-refractivity contribution in [1.29, 1.82) is 0 Å². The summed E-state index contributed by atoms with van der Waals surface area (Å²) in [5.74, 6) is -0.359. The summed E-state index contributed by atoms with van der Waals surface area (Å²) in [7, 11) is 0. The van der Waals surface area contributed by atoms with Crippen LogP contribution in [0.4, 0.5) is 5.69 Å². The van der Waals surface area contributed by atoms with Crippen LogP contribution in [0.1, 0.15) is 35.7 Å². The molecule has 16 heavy (non-hydrogen) atoms. The van der Waals surface area contributed by atoms with Crippen molar-refractivity contribution in [2.45, 2.75) is 19.8 Å². The van der Waals surface area contributed by atoms with E-state index in [1.807, 2.05) is 6.92 Å². The zero-order chi connectivity index (χ0) is 11.9. The Bertz CT molecular complexity index is 520. The van der Waals surface area contributed by atoms with Crippen LogP contribution in [-0.4, -0.2) is 16.5 Å². The first-order valence-electron chi connectivity index (χ1n) is 4.88. The summed E-state index contributed by atoms with van der Waals surface area (Å²) in [6.45, 7) is 3.71. The number of amides is 1. The molecule has 5 nitrogen and oxygen atoms in total. The molecule has 0 saturated carbocycles. The highest BCUT2D eigenvalue weighted by atomic mass is 16.6. The third kappa shape index (κ3) is 1.50. The van der Waals surface area contributed by atoms with Gasteiger partial charge in [-0.15, -0.1) is 0 Å². The van der Waals surface area contributed by atoms with Crippen LogP contribution in [0, 0.1) is 10.1 Å². The molecule has 0 spiro atoms. The molecule has 1 aliphatic rings. The molecule has 2 rings (SSSR count). The molecule has 1 aromatic carbocycles. The summed E-state index contributed by atoms with van der Waals surface area (Å²) in [5.41, 5.74) is 1.82. The third-order valence-electron chi connectivity index (χ3n) is 2.85. The number of nitro benzene ring substituents is 1. The predicted molar refractivity (Wildman–Crippen MR) is 59.0 cm³/mol. The zero-order valence-electron chi connectivity index (χ0n) is 8.93. The topological polar surface area (TPSA) is 72.6 Å². The van der Waals surface area contributed by atoms with Gasteiger partial charge in [0.1, 0.15) is 0 Å². The quantitative estimate of drug-likeness (QED) is 0.536. The normalized spacial score (nSPS) is 19.0. The molecule has 1 aliphatic heterocycles. The van der Waals surface area contributed by atoms with E-state index >= 15 is 0 Å². The van der Waals surface area contributed by atoms with Crippen molar-refractivity contribution in [2.75, 3.05) is 0 Å². The number of carbonyl (C=O) groups excluding carboxylic acids is 1. The van der Waals surface area contributed by atoms with E-state index in [0.29, 0.717) is 5.56 Å². The number of fused-ring (bicyclic) bond motifs is 1. The Morgan fingerprint density at radius 1 is 1.44 bits per heavy atom. The Morgan fingerprint density at radius 3 is 2.75 bits per heavy atom. The van der Waals surface area contributed by atoms with E-state index in [-0.39, 0.29) is 11.6 Å². The van der Waals surface area contributed by atoms with Gasteiger partial charge in [0.2, 0.25) is 0 Å². The number of carbonyl (C=O) groups is 1. The second kappa shape index (κ2) is 3.52. The smallest absolute Gasteiger partial charge is 0.267 e. The van der Waals surface area contributed by atoms with Gasteiger partial charge in [-0.05, 0) is 12.5 Å². The Morgan fingerprint density at radius 2 is 2.12 bits per heavy atom. The minimum atomic E-state index is -0.511. The van der Waals surface area contributed by atoms with Crippen molar-refractivity contribution in [3.8, 4) is 0 Å². The van der Waals surface area contributed by atoms with Gasteiger partial charge in [-0.2, -0.15) is 0 Å². The first kappa shape index (κ1) is 10.5. The number of non-ortho nitro benzene ring substituents is 1. The standard InChI is InChI=1S/C11H10N2O3/c1-6-7(2)12-11(14)10-5-8(13(15)16)3-4-9(6)10/h3-6H,1-2H3. The number of aliphatic imine (C=N–C) groups is 1. The lowest BCUT2D eigenvalue weighted by atomic mass is 9.89. The Kier molecular flexibility index (Phi) is 2.30. The lowest BCUT2D eigenvalue weighted by Gasteiger charge is -2.19. The van der Waals surface area contributed by atoms with Gasteiger partial charge >= 0.3 is 0 Å². The predicted octanol–water partition coefficient (Wildman–Crippen LogP) is 2.31. The van der Waals surface area contributed by atoms with Crippen LogP contribution < -0.4 is 0 Å². The molecule has 0 aliphatic carbocycles. The molecule has 0 bridgehead atoms. The summed E-state index contributed by atoms with van der Waals surface area (Å²) >= 11 is 0. The number of rotatable bonds is 1. The van der Waals surface area contributed by atoms with Crippen LogP contribution in [0.3, 0.4) is 0 Å². The summed E-state index contributed by atoms with van der Waals surface area (Å²) in [5, 5.41) is 10.6. The molecular formula is C11H10N2O3. The van der Waals surface area contributed by atoms with E-state index < -0.39 is 10.8 Å². The van der Waals surface area contributed by atoms with Gasteiger partial charge in [-0.1, -0.05) is 13.0 Å². The Balaban J connectivity index is 2.59. The maximum absolute atomic E-state index is 11.6. The molecular weight excluding hydrogens is 208 g/mol. The van der Waals surface area contributed by atoms with Gasteiger partial charge in [0.05, 0.1) is 10.5 Å². The van der Waals surface area contributed by atoms with Crippen LogP contribution in [0.15, 0.2) is 23.2 Å². The second-order valence-corrected chi connectivity index (χ2v) is 3.81. The highest BCUT2D eigenvalue weighted by Gasteiger charge is 2.25. The summed E-state index contributed by atoms with van der Waals surface area (Å²) < 4.78 is 0. The van der Waals surface area contributed by atoms with Crippen molar-refractivity contribution < 1.29 is 9.72 Å². The fraction of sp³-hybridized carbons (Fsp3) is 0.273. The van der Waals surface area contributed by atoms with Crippen LogP contribution in [0.2, 0.25) is 0 Å². The van der Waals surface area contributed by atoms with Crippen molar-refractivity contribution >= 4 is 17.3 Å². The molecule has 1 unspecified atom stereocenters. The van der Waals surface area contributed by atoms with Gasteiger partial charge in [-0.25, -0.2) is 4.99 Å². The van der Waals surface area contributed by atoms with Gasteiger partial charge in [0.25, 0.3) is 11.6 Å². The highest BCUT2D eigenvalue weighted by Crippen LogP contribution is 2.29. The zero-order valence-corrected chi connectivity index (χ0v) is 8.93. The number of hydrogen-bond donors (Lipinski definition) is 0. The lowest BCUT2D eigenvalue weighted by molar-refractivity contribution is -0.384. The minimum absolute atomic E-state index is 0.0357. The van der Waals surface area contributed by atoms with E-state index in [9.17, 15) is 14.9 Å². The van der Waals surface area contributed by atoms with E-state index in [4.69, 9.17) is 0 Å². The number of hydrogen-bond acceptors (Lipinski definition) is 3. The first-order valence-corrected chi connectivity index (χ1v) is 4.88. The number of benzene rings is 1. The highest BCUT2D eigenvalue weighted by molar-refractivity contribution is 6.10. The van der Waals surface area contributed by atoms with E-state index in [0.717, 1.165) is 11.3 Å². The fourth-order valence-corrected chi connectivity index (χ4v) is 1.76. The van der Waals surface area contributed by atoms with Gasteiger partial charge in [-0.3, -0.25) is 14.9 Å². The number of nitrogens with zero attached hydrogens (tertiary/aromatic N) is 2. The molecule has 1 amide bonds. The van der Waals surface area contributed by atoms with Crippen LogP contribution in [0.5, 0.6) is 0 Å².